The monoisotopic (exact) mass is 380 g/mol. The van der Waals surface area contributed by atoms with E-state index >= 15 is 0 Å². The van der Waals surface area contributed by atoms with E-state index in [0.29, 0.717) is 0 Å². The second kappa shape index (κ2) is 7.76. The van der Waals surface area contributed by atoms with Gasteiger partial charge in [-0.2, -0.15) is 5.10 Å². The Morgan fingerprint density at radius 3 is 2.62 bits per heavy atom. The molecule has 0 unspecified atom stereocenters. The Morgan fingerprint density at radius 2 is 1.90 bits per heavy atom. The number of anilines is 1. The van der Waals surface area contributed by atoms with Crippen molar-refractivity contribution in [2.75, 3.05) is 5.32 Å². The Balaban J connectivity index is 1.60. The Bertz CT molecular complexity index is 1230. The maximum Gasteiger partial charge on any atom is 0.130 e. The van der Waals surface area contributed by atoms with Crippen molar-refractivity contribution >= 4 is 28.4 Å². The molecule has 29 heavy (non-hydrogen) atoms. The van der Waals surface area contributed by atoms with Crippen molar-refractivity contribution in [3.05, 3.63) is 90.4 Å². The van der Waals surface area contributed by atoms with Gasteiger partial charge in [-0.3, -0.25) is 4.68 Å². The summed E-state index contributed by atoms with van der Waals surface area (Å²) in [5.74, 6) is 0.779. The highest BCUT2D eigenvalue weighted by atomic mass is 15.2. The third-order valence-corrected chi connectivity index (χ3v) is 5.00. The molecule has 144 valence electrons. The number of hydrogen-bond donors (Lipinski definition) is 1. The van der Waals surface area contributed by atoms with Crippen molar-refractivity contribution in [3.8, 4) is 11.1 Å². The van der Waals surface area contributed by atoms with Gasteiger partial charge in [-0.1, -0.05) is 43.0 Å². The largest absolute Gasteiger partial charge is 0.340 e. The van der Waals surface area contributed by atoms with E-state index in [-0.39, 0.29) is 0 Å². The molecule has 4 aromatic rings. The van der Waals surface area contributed by atoms with Crippen LogP contribution >= 0.6 is 0 Å². The quantitative estimate of drug-likeness (QED) is 0.458. The van der Waals surface area contributed by atoms with Gasteiger partial charge in [0.25, 0.3) is 0 Å². The van der Waals surface area contributed by atoms with Crippen LogP contribution in [0.1, 0.15) is 23.6 Å². The molecule has 2 heterocycles. The molecule has 0 atom stereocenters. The molecule has 0 aliphatic carbocycles. The minimum Gasteiger partial charge on any atom is -0.340 e. The number of rotatable bonds is 5. The zero-order valence-electron chi connectivity index (χ0n) is 17.0. The van der Waals surface area contributed by atoms with Gasteiger partial charge in [0, 0.05) is 36.1 Å². The van der Waals surface area contributed by atoms with Gasteiger partial charge >= 0.3 is 0 Å². The molecule has 0 radical (unpaired) electrons. The lowest BCUT2D eigenvalue weighted by Crippen LogP contribution is -2.00. The molecule has 0 spiro atoms. The van der Waals surface area contributed by atoms with Crippen LogP contribution in [0.3, 0.4) is 0 Å². The summed E-state index contributed by atoms with van der Waals surface area (Å²) >= 11 is 0. The highest BCUT2D eigenvalue weighted by Gasteiger charge is 2.06. The number of hydrogen-bond acceptors (Lipinski definition) is 3. The Morgan fingerprint density at radius 1 is 1.03 bits per heavy atom. The minimum atomic E-state index is 0.779. The van der Waals surface area contributed by atoms with Crippen LogP contribution in [0.2, 0.25) is 0 Å². The van der Waals surface area contributed by atoms with Crippen LogP contribution in [-0.2, 0) is 7.05 Å². The first kappa shape index (κ1) is 18.7. The van der Waals surface area contributed by atoms with Gasteiger partial charge in [-0.25, -0.2) is 4.98 Å². The average molecular weight is 380 g/mol. The maximum absolute atomic E-state index is 4.55. The van der Waals surface area contributed by atoms with Crippen molar-refractivity contribution < 1.29 is 0 Å². The highest BCUT2D eigenvalue weighted by molar-refractivity contribution is 5.89. The standard InChI is InChI=1S/C25H24N4/c1-5-6-19-7-8-20(11-17(19)2)18(3)28-25-13-23-12-21(9-10-22(23)14-26-25)24-15-27-29(4)16-24/h5-16H,3H2,1-2,4H3,(H,26,28)/b6-5-. The van der Waals surface area contributed by atoms with Crippen LogP contribution in [-0.4, -0.2) is 14.8 Å². The summed E-state index contributed by atoms with van der Waals surface area (Å²) in [5, 5.41) is 9.84. The van der Waals surface area contributed by atoms with E-state index in [9.17, 15) is 0 Å². The van der Waals surface area contributed by atoms with Crippen molar-refractivity contribution in [1.82, 2.24) is 14.8 Å². The van der Waals surface area contributed by atoms with E-state index in [1.165, 1.54) is 11.1 Å². The molecule has 0 bridgehead atoms. The summed E-state index contributed by atoms with van der Waals surface area (Å²) in [5.41, 5.74) is 6.56. The normalized spacial score (nSPS) is 11.3. The second-order valence-corrected chi connectivity index (χ2v) is 7.21. The van der Waals surface area contributed by atoms with Crippen LogP contribution in [0.25, 0.3) is 33.7 Å². The van der Waals surface area contributed by atoms with E-state index in [2.05, 4.69) is 77.4 Å². The Kier molecular flexibility index (Phi) is 5.00. The SMILES string of the molecule is C=C(Nc1cc2cc(-c3cnn(C)c3)ccc2cn1)c1ccc(/C=C\C)c(C)c1. The lowest BCUT2D eigenvalue weighted by molar-refractivity contribution is 0.768. The summed E-state index contributed by atoms with van der Waals surface area (Å²) in [4.78, 5) is 4.55. The van der Waals surface area contributed by atoms with Gasteiger partial charge in [-0.15, -0.1) is 0 Å². The molecular weight excluding hydrogens is 356 g/mol. The lowest BCUT2D eigenvalue weighted by Gasteiger charge is -2.12. The van der Waals surface area contributed by atoms with Crippen molar-refractivity contribution in [2.24, 2.45) is 7.05 Å². The fourth-order valence-corrected chi connectivity index (χ4v) is 3.42. The molecule has 4 heteroatoms. The topological polar surface area (TPSA) is 42.7 Å². The van der Waals surface area contributed by atoms with Crippen LogP contribution in [0.5, 0.6) is 0 Å². The van der Waals surface area contributed by atoms with Crippen LogP contribution in [0, 0.1) is 6.92 Å². The molecule has 0 saturated heterocycles. The number of nitrogens with zero attached hydrogens (tertiary/aromatic N) is 3. The van der Waals surface area contributed by atoms with Crippen molar-refractivity contribution in [1.29, 1.82) is 0 Å². The fourth-order valence-electron chi connectivity index (χ4n) is 3.42. The molecule has 0 aliphatic rings. The molecule has 1 N–H and O–H groups in total. The van der Waals surface area contributed by atoms with Gasteiger partial charge in [0.1, 0.15) is 5.82 Å². The molecule has 4 rings (SSSR count). The number of benzene rings is 2. The number of fused-ring (bicyclic) bond motifs is 1. The molecule has 0 amide bonds. The lowest BCUT2D eigenvalue weighted by atomic mass is 10.0. The van der Waals surface area contributed by atoms with Gasteiger partial charge in [-0.05, 0) is 59.7 Å². The fraction of sp³-hybridized carbons (Fsp3) is 0.120. The van der Waals surface area contributed by atoms with E-state index in [0.717, 1.165) is 39.0 Å². The van der Waals surface area contributed by atoms with E-state index in [1.807, 2.05) is 43.3 Å². The van der Waals surface area contributed by atoms with Crippen molar-refractivity contribution in [3.63, 3.8) is 0 Å². The predicted octanol–water partition coefficient (Wildman–Crippen LogP) is 6.06. The van der Waals surface area contributed by atoms with Gasteiger partial charge < -0.3 is 5.32 Å². The first-order chi connectivity index (χ1) is 14.0. The maximum atomic E-state index is 4.55. The zero-order valence-corrected chi connectivity index (χ0v) is 17.0. The molecule has 4 nitrogen and oxygen atoms in total. The van der Waals surface area contributed by atoms with Gasteiger partial charge in [0.05, 0.1) is 6.20 Å². The van der Waals surface area contributed by atoms with Gasteiger partial charge in [0.15, 0.2) is 0 Å². The molecule has 2 aromatic heterocycles. The predicted molar refractivity (Wildman–Crippen MR) is 122 cm³/mol. The summed E-state index contributed by atoms with van der Waals surface area (Å²) in [6.07, 6.45) is 9.94. The number of allylic oxidation sites excluding steroid dienone is 1. The van der Waals surface area contributed by atoms with E-state index in [4.69, 9.17) is 0 Å². The summed E-state index contributed by atoms with van der Waals surface area (Å²) < 4.78 is 1.81. The summed E-state index contributed by atoms with van der Waals surface area (Å²) in [7, 11) is 1.93. The Hall–Kier alpha value is -3.66. The van der Waals surface area contributed by atoms with Crippen molar-refractivity contribution in [2.45, 2.75) is 13.8 Å². The second-order valence-electron chi connectivity index (χ2n) is 7.21. The Labute approximate surface area is 171 Å². The van der Waals surface area contributed by atoms with E-state index < -0.39 is 0 Å². The highest BCUT2D eigenvalue weighted by Crippen LogP contribution is 2.26. The number of pyridine rings is 1. The molecule has 0 fully saturated rings. The number of nitrogens with one attached hydrogen (secondary N) is 1. The van der Waals surface area contributed by atoms with Crippen LogP contribution in [0.4, 0.5) is 5.82 Å². The minimum absolute atomic E-state index is 0.779. The molecule has 2 aromatic carbocycles. The summed E-state index contributed by atoms with van der Waals surface area (Å²) in [6.45, 7) is 8.34. The van der Waals surface area contributed by atoms with Crippen LogP contribution in [0.15, 0.2) is 73.7 Å². The number of aromatic nitrogens is 3. The molecule has 0 saturated carbocycles. The first-order valence-corrected chi connectivity index (χ1v) is 9.62. The molecular formula is C25H24N4. The third kappa shape index (κ3) is 3.97. The smallest absolute Gasteiger partial charge is 0.130 e. The van der Waals surface area contributed by atoms with Gasteiger partial charge in [0.2, 0.25) is 0 Å². The first-order valence-electron chi connectivity index (χ1n) is 9.62. The average Bonchev–Trinajstić information content (AvgIpc) is 3.15. The third-order valence-electron chi connectivity index (χ3n) is 5.00. The summed E-state index contributed by atoms with van der Waals surface area (Å²) in [6, 6.07) is 14.8. The van der Waals surface area contributed by atoms with E-state index in [1.54, 1.807) is 0 Å². The molecule has 0 aliphatic heterocycles. The van der Waals surface area contributed by atoms with Crippen LogP contribution < -0.4 is 5.32 Å². The zero-order chi connectivity index (χ0) is 20.4. The number of aryl methyl sites for hydroxylation is 2.